The number of aromatic nitrogens is 3. The van der Waals surface area contributed by atoms with Crippen molar-refractivity contribution in [2.75, 3.05) is 0 Å². The average Bonchev–Trinajstić information content (AvgIpc) is 2.79. The number of hydrogen-bond acceptors (Lipinski definition) is 2. The van der Waals surface area contributed by atoms with Gasteiger partial charge in [0.15, 0.2) is 5.65 Å². The molecule has 0 bridgehead atoms. The number of rotatable bonds is 1. The highest BCUT2D eigenvalue weighted by molar-refractivity contribution is 6.42. The molecular weight excluding hydrogens is 257 g/mol. The first-order chi connectivity index (χ1) is 8.24. The van der Waals surface area contributed by atoms with E-state index < -0.39 is 0 Å². The molecule has 2 aromatic heterocycles. The van der Waals surface area contributed by atoms with E-state index in [1.807, 2.05) is 18.2 Å². The lowest BCUT2D eigenvalue weighted by molar-refractivity contribution is 0.942. The van der Waals surface area contributed by atoms with Gasteiger partial charge in [-0.05, 0) is 24.3 Å². The topological polar surface area (TPSA) is 30.2 Å². The monoisotopic (exact) mass is 263 g/mol. The van der Waals surface area contributed by atoms with Gasteiger partial charge in [0.1, 0.15) is 0 Å². The van der Waals surface area contributed by atoms with Gasteiger partial charge in [0, 0.05) is 18.0 Å². The standard InChI is InChI=1S/C12H7Cl2N3/c13-9-2-1-8(7-10(9)14)11-3-4-12-15-5-6-17(12)16-11/h1-7H. The SMILES string of the molecule is Clc1ccc(-c2ccc3nccn3n2)cc1Cl. The molecule has 0 saturated heterocycles. The molecule has 0 aliphatic rings. The fourth-order valence-electron chi connectivity index (χ4n) is 1.62. The minimum absolute atomic E-state index is 0.525. The predicted molar refractivity (Wildman–Crippen MR) is 68.4 cm³/mol. The molecule has 2 heterocycles. The van der Waals surface area contributed by atoms with Gasteiger partial charge in [-0.25, -0.2) is 9.50 Å². The number of hydrogen-bond donors (Lipinski definition) is 0. The van der Waals surface area contributed by atoms with Crippen LogP contribution in [0.25, 0.3) is 16.9 Å². The van der Waals surface area contributed by atoms with Crippen molar-refractivity contribution in [2.24, 2.45) is 0 Å². The van der Waals surface area contributed by atoms with E-state index in [1.165, 1.54) is 0 Å². The summed E-state index contributed by atoms with van der Waals surface area (Å²) in [6.07, 6.45) is 3.51. The highest BCUT2D eigenvalue weighted by Gasteiger charge is 2.04. The second kappa shape index (κ2) is 4.02. The summed E-state index contributed by atoms with van der Waals surface area (Å²) in [5, 5.41) is 5.49. The third-order valence-corrected chi connectivity index (χ3v) is 3.21. The summed E-state index contributed by atoms with van der Waals surface area (Å²) in [5.41, 5.74) is 2.57. The van der Waals surface area contributed by atoms with Crippen LogP contribution in [0.4, 0.5) is 0 Å². The van der Waals surface area contributed by atoms with E-state index in [2.05, 4.69) is 10.1 Å². The number of imidazole rings is 1. The van der Waals surface area contributed by atoms with Crippen LogP contribution in [0.5, 0.6) is 0 Å². The first kappa shape index (κ1) is 10.6. The zero-order chi connectivity index (χ0) is 11.8. The third-order valence-electron chi connectivity index (χ3n) is 2.47. The summed E-state index contributed by atoms with van der Waals surface area (Å²) in [5.74, 6) is 0. The van der Waals surface area contributed by atoms with Crippen molar-refractivity contribution in [3.63, 3.8) is 0 Å². The molecule has 3 aromatic rings. The van der Waals surface area contributed by atoms with Gasteiger partial charge in [-0.15, -0.1) is 0 Å². The van der Waals surface area contributed by atoms with E-state index in [-0.39, 0.29) is 0 Å². The molecule has 5 heteroatoms. The van der Waals surface area contributed by atoms with Crippen LogP contribution >= 0.6 is 23.2 Å². The maximum atomic E-state index is 5.98. The number of halogens is 2. The van der Waals surface area contributed by atoms with Crippen LogP contribution in [0.3, 0.4) is 0 Å². The van der Waals surface area contributed by atoms with Gasteiger partial charge in [-0.2, -0.15) is 5.10 Å². The lowest BCUT2D eigenvalue weighted by atomic mass is 10.1. The molecule has 0 spiro atoms. The summed E-state index contributed by atoms with van der Waals surface area (Å²) in [7, 11) is 0. The van der Waals surface area contributed by atoms with Crippen LogP contribution in [-0.4, -0.2) is 14.6 Å². The highest BCUT2D eigenvalue weighted by Crippen LogP contribution is 2.27. The molecule has 3 nitrogen and oxygen atoms in total. The van der Waals surface area contributed by atoms with E-state index in [9.17, 15) is 0 Å². The molecule has 0 atom stereocenters. The average molecular weight is 264 g/mol. The Morgan fingerprint density at radius 1 is 1.00 bits per heavy atom. The second-order valence-corrected chi connectivity index (χ2v) is 4.39. The van der Waals surface area contributed by atoms with Crippen LogP contribution in [0, 0.1) is 0 Å². The van der Waals surface area contributed by atoms with Gasteiger partial charge in [0.2, 0.25) is 0 Å². The second-order valence-electron chi connectivity index (χ2n) is 3.58. The quantitative estimate of drug-likeness (QED) is 0.670. The molecule has 0 radical (unpaired) electrons. The van der Waals surface area contributed by atoms with E-state index in [0.29, 0.717) is 10.0 Å². The predicted octanol–water partition coefficient (Wildman–Crippen LogP) is 3.70. The zero-order valence-corrected chi connectivity index (χ0v) is 10.2. The Bertz CT molecular complexity index is 691. The van der Waals surface area contributed by atoms with Crippen LogP contribution in [0.1, 0.15) is 0 Å². The van der Waals surface area contributed by atoms with Crippen molar-refractivity contribution in [3.8, 4) is 11.3 Å². The van der Waals surface area contributed by atoms with E-state index in [1.54, 1.807) is 29.0 Å². The molecule has 3 rings (SSSR count). The van der Waals surface area contributed by atoms with Crippen molar-refractivity contribution in [3.05, 3.63) is 52.8 Å². The Hall–Kier alpha value is -1.58. The van der Waals surface area contributed by atoms with Crippen LogP contribution in [-0.2, 0) is 0 Å². The molecule has 0 N–H and O–H groups in total. The van der Waals surface area contributed by atoms with Gasteiger partial charge in [-0.3, -0.25) is 0 Å². The fourth-order valence-corrected chi connectivity index (χ4v) is 1.92. The van der Waals surface area contributed by atoms with E-state index in [0.717, 1.165) is 16.9 Å². The third kappa shape index (κ3) is 1.88. The van der Waals surface area contributed by atoms with Crippen molar-refractivity contribution < 1.29 is 0 Å². The lowest BCUT2D eigenvalue weighted by Crippen LogP contribution is -1.92. The number of benzene rings is 1. The van der Waals surface area contributed by atoms with E-state index >= 15 is 0 Å². The smallest absolute Gasteiger partial charge is 0.153 e. The summed E-state index contributed by atoms with van der Waals surface area (Å²) in [4.78, 5) is 4.14. The summed E-state index contributed by atoms with van der Waals surface area (Å²) in [6.45, 7) is 0. The van der Waals surface area contributed by atoms with Gasteiger partial charge < -0.3 is 0 Å². The van der Waals surface area contributed by atoms with Crippen molar-refractivity contribution >= 4 is 28.8 Å². The first-order valence-electron chi connectivity index (χ1n) is 5.00. The molecule has 0 fully saturated rings. The maximum absolute atomic E-state index is 5.98. The Morgan fingerprint density at radius 3 is 2.71 bits per heavy atom. The van der Waals surface area contributed by atoms with Gasteiger partial charge in [0.25, 0.3) is 0 Å². The maximum Gasteiger partial charge on any atom is 0.153 e. The van der Waals surface area contributed by atoms with Crippen molar-refractivity contribution in [1.29, 1.82) is 0 Å². The van der Waals surface area contributed by atoms with Crippen LogP contribution in [0.2, 0.25) is 10.0 Å². The van der Waals surface area contributed by atoms with Crippen LogP contribution < -0.4 is 0 Å². The first-order valence-corrected chi connectivity index (χ1v) is 5.75. The molecule has 17 heavy (non-hydrogen) atoms. The van der Waals surface area contributed by atoms with Gasteiger partial charge in [-0.1, -0.05) is 29.3 Å². The highest BCUT2D eigenvalue weighted by atomic mass is 35.5. The van der Waals surface area contributed by atoms with Crippen molar-refractivity contribution in [2.45, 2.75) is 0 Å². The molecule has 0 amide bonds. The van der Waals surface area contributed by atoms with Crippen molar-refractivity contribution in [1.82, 2.24) is 14.6 Å². The molecule has 0 aliphatic heterocycles. The Kier molecular flexibility index (Phi) is 2.50. The number of nitrogens with zero attached hydrogens (tertiary/aromatic N) is 3. The minimum atomic E-state index is 0.525. The summed E-state index contributed by atoms with van der Waals surface area (Å²) in [6, 6.07) is 9.26. The van der Waals surface area contributed by atoms with E-state index in [4.69, 9.17) is 23.2 Å². The molecule has 0 saturated carbocycles. The van der Waals surface area contributed by atoms with Gasteiger partial charge >= 0.3 is 0 Å². The molecular formula is C12H7Cl2N3. The summed E-state index contributed by atoms with van der Waals surface area (Å²) >= 11 is 11.9. The molecule has 0 aliphatic carbocycles. The van der Waals surface area contributed by atoms with Gasteiger partial charge in [0.05, 0.1) is 15.7 Å². The van der Waals surface area contributed by atoms with Crippen LogP contribution in [0.15, 0.2) is 42.7 Å². The summed E-state index contributed by atoms with van der Waals surface area (Å²) < 4.78 is 1.72. The minimum Gasteiger partial charge on any atom is -0.236 e. The Labute approximate surface area is 108 Å². The normalized spacial score (nSPS) is 10.9. The Morgan fingerprint density at radius 2 is 1.88 bits per heavy atom. The molecule has 0 unspecified atom stereocenters. The zero-order valence-electron chi connectivity index (χ0n) is 8.64. The Balaban J connectivity index is 2.16. The fraction of sp³-hybridized carbons (Fsp3) is 0. The molecule has 1 aromatic carbocycles. The largest absolute Gasteiger partial charge is 0.236 e. The molecule has 84 valence electrons. The lowest BCUT2D eigenvalue weighted by Gasteiger charge is -2.03. The number of fused-ring (bicyclic) bond motifs is 1.